The van der Waals surface area contributed by atoms with Gasteiger partial charge in [0.05, 0.1) is 0 Å². The Labute approximate surface area is 343 Å². The largest absolute Gasteiger partial charge is 0.300 e. The van der Waals surface area contributed by atoms with Crippen LogP contribution in [0.25, 0.3) is 0 Å². The van der Waals surface area contributed by atoms with E-state index in [1.807, 2.05) is 96.9 Å². The molecule has 0 heterocycles. The molecule has 0 saturated carbocycles. The maximum atomic E-state index is 11.9. The van der Waals surface area contributed by atoms with Crippen molar-refractivity contribution in [2.75, 3.05) is 0 Å². The molecule has 0 amide bonds. The van der Waals surface area contributed by atoms with Crippen molar-refractivity contribution in [2.24, 2.45) is 73.4 Å². The number of carbonyl (C=O) groups excluding carboxylic acids is 4. The lowest BCUT2D eigenvalue weighted by Crippen LogP contribution is -2.38. The summed E-state index contributed by atoms with van der Waals surface area (Å²) in [4.78, 5) is 44.1. The van der Waals surface area contributed by atoms with Crippen LogP contribution in [0.5, 0.6) is 0 Å². The third-order valence-electron chi connectivity index (χ3n) is 12.2. The van der Waals surface area contributed by atoms with Gasteiger partial charge >= 0.3 is 0 Å². The lowest BCUT2D eigenvalue weighted by atomic mass is 9.63. The highest BCUT2D eigenvalue weighted by Gasteiger charge is 2.38. The minimum atomic E-state index is -0.215. The first-order valence-corrected chi connectivity index (χ1v) is 20.7. The van der Waals surface area contributed by atoms with Gasteiger partial charge in [-0.05, 0) is 53.8 Å². The number of rotatable bonds is 7. The van der Waals surface area contributed by atoms with E-state index in [2.05, 4.69) is 111 Å². The number of ketones is 4. The third-order valence-corrected chi connectivity index (χ3v) is 12.2. The van der Waals surface area contributed by atoms with Gasteiger partial charge in [0.25, 0.3) is 0 Å². The Kier molecular flexibility index (Phi) is 33.2. The maximum Gasteiger partial charge on any atom is 0.144 e. The van der Waals surface area contributed by atoms with E-state index in [4.69, 9.17) is 0 Å². The molecule has 0 rings (SSSR count). The fraction of sp³-hybridized carbons (Fsp3) is 0.920. The van der Waals surface area contributed by atoms with Crippen molar-refractivity contribution in [2.45, 2.75) is 229 Å². The summed E-state index contributed by atoms with van der Waals surface area (Å²) < 4.78 is 0. The first-order chi connectivity index (χ1) is 22.6. The molecule has 0 fully saturated rings. The standard InChI is InChI=1S/C11H22O.C10H22.2C8H16O.C7H16.C5H10O.CH4/c1-8(2)11(6,7)9(12)10(3,4)5;1-8(2)10(6,7)9(3,4)5;1-6(2)7(9)8(3,4)5;1-6(2)8(4,5)7(3)9;1-6(2)7(3,4)5;1-4(2)5(3)6;/h8H,1-7H3;8H,1-7H3;2*6H,1-5H3;6H,1-5H3;4H,1-3H3;1H4. The molecule has 4 nitrogen and oxygen atoms in total. The van der Waals surface area contributed by atoms with Gasteiger partial charge in [-0.15, -0.1) is 0 Å². The molecular weight excluding hydrogens is 665 g/mol. The Balaban J connectivity index is -0.0000000991. The van der Waals surface area contributed by atoms with Crippen molar-refractivity contribution in [1.29, 1.82) is 0 Å². The molecule has 0 radical (unpaired) electrons. The minimum Gasteiger partial charge on any atom is -0.300 e. The monoisotopic (exact) mass is 771 g/mol. The quantitative estimate of drug-likeness (QED) is 0.258. The molecule has 4 heteroatoms. The summed E-state index contributed by atoms with van der Waals surface area (Å²) in [6.07, 6.45) is 0. The van der Waals surface area contributed by atoms with Crippen LogP contribution in [-0.2, 0) is 19.2 Å². The van der Waals surface area contributed by atoms with E-state index in [0.717, 1.165) is 11.8 Å². The number of hydrogen-bond donors (Lipinski definition) is 0. The highest BCUT2D eigenvalue weighted by molar-refractivity contribution is 5.89. The van der Waals surface area contributed by atoms with Crippen LogP contribution in [0.3, 0.4) is 0 Å². The second-order valence-corrected chi connectivity index (χ2v) is 23.1. The lowest BCUT2D eigenvalue weighted by molar-refractivity contribution is -0.137. The molecule has 0 aromatic heterocycles. The van der Waals surface area contributed by atoms with Crippen LogP contribution >= 0.6 is 0 Å². The summed E-state index contributed by atoms with van der Waals surface area (Å²) in [5.74, 6) is 4.01. The first-order valence-electron chi connectivity index (χ1n) is 20.7. The molecule has 0 aromatic carbocycles. The van der Waals surface area contributed by atoms with E-state index >= 15 is 0 Å². The molecule has 0 bridgehead atoms. The van der Waals surface area contributed by atoms with Crippen molar-refractivity contribution in [3.63, 3.8) is 0 Å². The normalized spacial score (nSPS) is 12.5. The van der Waals surface area contributed by atoms with Crippen LogP contribution in [0.4, 0.5) is 0 Å². The number of hydrogen-bond acceptors (Lipinski definition) is 4. The molecule has 0 atom stereocenters. The maximum absolute atomic E-state index is 11.9. The molecule has 0 aliphatic carbocycles. The Morgan fingerprint density at radius 1 is 0.389 bits per heavy atom. The van der Waals surface area contributed by atoms with Crippen molar-refractivity contribution in [1.82, 2.24) is 0 Å². The van der Waals surface area contributed by atoms with E-state index < -0.39 is 0 Å². The average molecular weight is 771 g/mol. The molecule has 0 aliphatic rings. The molecule has 54 heavy (non-hydrogen) atoms. The van der Waals surface area contributed by atoms with E-state index in [1.165, 1.54) is 0 Å². The van der Waals surface area contributed by atoms with Crippen LogP contribution in [0.15, 0.2) is 0 Å². The Bertz CT molecular complexity index is 1020. The predicted octanol–water partition coefficient (Wildman–Crippen LogP) is 16.1. The van der Waals surface area contributed by atoms with Gasteiger partial charge in [0.15, 0.2) is 0 Å². The minimum absolute atomic E-state index is 0. The van der Waals surface area contributed by atoms with Crippen LogP contribution in [0.2, 0.25) is 0 Å². The van der Waals surface area contributed by atoms with E-state index in [1.54, 1.807) is 13.8 Å². The predicted molar refractivity (Wildman–Crippen MR) is 246 cm³/mol. The summed E-state index contributed by atoms with van der Waals surface area (Å²) in [5, 5.41) is 0. The SMILES string of the molecule is C.CC(=O)C(C)(C)C(C)C.CC(=O)C(C)C.CC(C)C(=O)C(C)(C)C.CC(C)C(C)(C)C.CC(C)C(C)(C)C(=O)C(C)(C)C.CC(C)C(C)(C)C(C)(C)C. The average Bonchev–Trinajstić information content (AvgIpc) is 2.91. The van der Waals surface area contributed by atoms with Gasteiger partial charge in [-0.3, -0.25) is 19.2 Å². The van der Waals surface area contributed by atoms with E-state index in [-0.39, 0.29) is 52.5 Å². The van der Waals surface area contributed by atoms with Crippen molar-refractivity contribution in [3.05, 3.63) is 0 Å². The molecule has 0 N–H and O–H groups in total. The Morgan fingerprint density at radius 2 is 0.648 bits per heavy atom. The molecular formula is C50H106O4. The zero-order valence-electron chi connectivity index (χ0n) is 42.6. The molecule has 330 valence electrons. The molecule has 0 aliphatic heterocycles. The second kappa shape index (κ2) is 26.6. The van der Waals surface area contributed by atoms with Gasteiger partial charge in [0.1, 0.15) is 23.1 Å². The van der Waals surface area contributed by atoms with E-state index in [9.17, 15) is 19.2 Å². The molecule has 0 saturated heterocycles. The lowest BCUT2D eigenvalue weighted by Gasteiger charge is -2.42. The highest BCUT2D eigenvalue weighted by atomic mass is 16.1. The molecule has 0 aromatic rings. The first kappa shape index (κ1) is 67.4. The summed E-state index contributed by atoms with van der Waals surface area (Å²) in [6.45, 7) is 66.6. The molecule has 0 unspecified atom stereocenters. The summed E-state index contributed by atoms with van der Waals surface area (Å²) in [7, 11) is 0. The summed E-state index contributed by atoms with van der Waals surface area (Å²) >= 11 is 0. The zero-order valence-corrected chi connectivity index (χ0v) is 42.6. The smallest absolute Gasteiger partial charge is 0.144 e. The van der Waals surface area contributed by atoms with Crippen LogP contribution in [0.1, 0.15) is 229 Å². The van der Waals surface area contributed by atoms with E-state index in [0.29, 0.717) is 39.6 Å². The summed E-state index contributed by atoms with van der Waals surface area (Å²) in [5.41, 5.74) is 0.647. The zero-order chi connectivity index (χ0) is 45.3. The van der Waals surface area contributed by atoms with Crippen molar-refractivity contribution in [3.8, 4) is 0 Å². The van der Waals surface area contributed by atoms with Crippen molar-refractivity contribution >= 4 is 23.1 Å². The summed E-state index contributed by atoms with van der Waals surface area (Å²) in [6, 6.07) is 0. The number of carbonyl (C=O) groups is 4. The van der Waals surface area contributed by atoms with Gasteiger partial charge in [0, 0.05) is 33.5 Å². The van der Waals surface area contributed by atoms with Crippen LogP contribution < -0.4 is 0 Å². The Hall–Kier alpha value is -1.32. The topological polar surface area (TPSA) is 68.3 Å². The third kappa shape index (κ3) is 30.8. The highest BCUT2D eigenvalue weighted by Crippen LogP contribution is 2.43. The molecule has 0 spiro atoms. The fourth-order valence-corrected chi connectivity index (χ4v) is 3.37. The van der Waals surface area contributed by atoms with Crippen LogP contribution in [0, 0.1) is 73.4 Å². The van der Waals surface area contributed by atoms with Crippen molar-refractivity contribution < 1.29 is 19.2 Å². The van der Waals surface area contributed by atoms with Gasteiger partial charge in [-0.25, -0.2) is 0 Å². The number of Topliss-reactive ketones (excluding diaryl/α,β-unsaturated/α-hetero) is 4. The van der Waals surface area contributed by atoms with Gasteiger partial charge in [-0.1, -0.05) is 215 Å². The van der Waals surface area contributed by atoms with Gasteiger partial charge in [-0.2, -0.15) is 0 Å². The fourth-order valence-electron chi connectivity index (χ4n) is 3.37. The Morgan fingerprint density at radius 3 is 0.667 bits per heavy atom. The second-order valence-electron chi connectivity index (χ2n) is 23.1. The van der Waals surface area contributed by atoms with Crippen LogP contribution in [-0.4, -0.2) is 23.1 Å². The van der Waals surface area contributed by atoms with Gasteiger partial charge < -0.3 is 0 Å². The van der Waals surface area contributed by atoms with Gasteiger partial charge in [0.2, 0.25) is 0 Å².